The molecule has 0 spiro atoms. The van der Waals surface area contributed by atoms with Crippen molar-refractivity contribution in [3.8, 4) is 5.75 Å². The Morgan fingerprint density at radius 2 is 1.95 bits per heavy atom. The third-order valence-electron chi connectivity index (χ3n) is 3.05. The fraction of sp³-hybridized carbons (Fsp3) is 0.588. The topological polar surface area (TPSA) is 38.3 Å². The number of hydrogen-bond acceptors (Lipinski definition) is 2. The quantitative estimate of drug-likeness (QED) is 0.760. The van der Waals surface area contributed by atoms with Crippen LogP contribution in [0.15, 0.2) is 24.3 Å². The van der Waals surface area contributed by atoms with E-state index in [1.165, 1.54) is 0 Å². The van der Waals surface area contributed by atoms with Gasteiger partial charge in [0.15, 0.2) is 0 Å². The molecule has 0 saturated heterocycles. The van der Waals surface area contributed by atoms with Crippen LogP contribution >= 0.6 is 0 Å². The van der Waals surface area contributed by atoms with Crippen LogP contribution in [0, 0.1) is 11.8 Å². The molecular formula is C17H27NO2. The summed E-state index contributed by atoms with van der Waals surface area (Å²) in [5.74, 6) is 1.69. The van der Waals surface area contributed by atoms with Gasteiger partial charge in [-0.15, -0.1) is 0 Å². The van der Waals surface area contributed by atoms with Crippen LogP contribution in [0.1, 0.15) is 47.0 Å². The Morgan fingerprint density at radius 1 is 1.25 bits per heavy atom. The lowest BCUT2D eigenvalue weighted by Gasteiger charge is -2.15. The summed E-state index contributed by atoms with van der Waals surface area (Å²) < 4.78 is 5.74. The highest BCUT2D eigenvalue weighted by atomic mass is 16.5. The minimum absolute atomic E-state index is 0.0616. The van der Waals surface area contributed by atoms with Crippen LogP contribution in [0.4, 0.5) is 5.69 Å². The number of amides is 1. The smallest absolute Gasteiger partial charge is 0.224 e. The van der Waals surface area contributed by atoms with Gasteiger partial charge >= 0.3 is 0 Å². The van der Waals surface area contributed by atoms with Gasteiger partial charge in [-0.2, -0.15) is 0 Å². The van der Waals surface area contributed by atoms with E-state index in [4.69, 9.17) is 4.74 Å². The van der Waals surface area contributed by atoms with Crippen molar-refractivity contribution < 1.29 is 9.53 Å². The lowest BCUT2D eigenvalue weighted by atomic mass is 10.0. The average Bonchev–Trinajstić information content (AvgIpc) is 2.37. The Morgan fingerprint density at radius 3 is 2.60 bits per heavy atom. The van der Waals surface area contributed by atoms with Gasteiger partial charge in [-0.3, -0.25) is 4.79 Å². The van der Waals surface area contributed by atoms with Crippen molar-refractivity contribution in [2.75, 3.05) is 11.9 Å². The summed E-state index contributed by atoms with van der Waals surface area (Å²) >= 11 is 0. The largest absolute Gasteiger partial charge is 0.491 e. The number of hydrogen-bond donors (Lipinski definition) is 1. The molecule has 0 saturated carbocycles. The second-order valence-corrected chi connectivity index (χ2v) is 5.85. The molecule has 0 bridgehead atoms. The first kappa shape index (κ1) is 16.5. The minimum Gasteiger partial charge on any atom is -0.491 e. The van der Waals surface area contributed by atoms with Gasteiger partial charge in [-0.05, 0) is 24.0 Å². The summed E-state index contributed by atoms with van der Waals surface area (Å²) in [6.45, 7) is 9.12. The zero-order valence-corrected chi connectivity index (χ0v) is 13.1. The first-order valence-corrected chi connectivity index (χ1v) is 7.54. The van der Waals surface area contributed by atoms with E-state index in [2.05, 4.69) is 33.0 Å². The summed E-state index contributed by atoms with van der Waals surface area (Å²) in [5.41, 5.74) is 0.766. The summed E-state index contributed by atoms with van der Waals surface area (Å²) in [4.78, 5) is 12.0. The number of para-hydroxylation sites is 2. The highest BCUT2D eigenvalue weighted by Gasteiger charge is 2.11. The average molecular weight is 277 g/mol. The first-order valence-electron chi connectivity index (χ1n) is 7.54. The van der Waals surface area contributed by atoms with Gasteiger partial charge in [0.2, 0.25) is 5.91 Å². The molecule has 0 aliphatic carbocycles. The van der Waals surface area contributed by atoms with E-state index in [1.807, 2.05) is 24.3 Å². The highest BCUT2D eigenvalue weighted by molar-refractivity contribution is 5.92. The van der Waals surface area contributed by atoms with E-state index in [0.29, 0.717) is 24.9 Å². The molecule has 1 amide bonds. The van der Waals surface area contributed by atoms with Crippen LogP contribution in [-0.4, -0.2) is 12.5 Å². The van der Waals surface area contributed by atoms with Gasteiger partial charge < -0.3 is 10.1 Å². The van der Waals surface area contributed by atoms with Gasteiger partial charge in [-0.25, -0.2) is 0 Å². The molecule has 3 nitrogen and oxygen atoms in total. The molecule has 0 aliphatic heterocycles. The number of carbonyl (C=O) groups is 1. The van der Waals surface area contributed by atoms with Crippen molar-refractivity contribution in [2.24, 2.45) is 11.8 Å². The molecule has 1 N–H and O–H groups in total. The van der Waals surface area contributed by atoms with E-state index >= 15 is 0 Å². The third kappa shape index (κ3) is 6.09. The molecular weight excluding hydrogens is 250 g/mol. The van der Waals surface area contributed by atoms with Gasteiger partial charge in [0.1, 0.15) is 5.75 Å². The standard InChI is InChI=1S/C17H27NO2/c1-5-8-14(4)11-17(19)18-15-9-6-7-10-16(15)20-12-13(2)3/h6-7,9-10,13-14H,5,8,11-12H2,1-4H3,(H,18,19). The molecule has 1 unspecified atom stereocenters. The first-order chi connectivity index (χ1) is 9.52. The monoisotopic (exact) mass is 277 g/mol. The Labute approximate surface area is 122 Å². The molecule has 0 aromatic heterocycles. The van der Waals surface area contributed by atoms with E-state index in [0.717, 1.165) is 24.3 Å². The maximum absolute atomic E-state index is 12.0. The maximum Gasteiger partial charge on any atom is 0.224 e. The van der Waals surface area contributed by atoms with Crippen LogP contribution in [0.3, 0.4) is 0 Å². The number of anilines is 1. The number of nitrogens with one attached hydrogen (secondary N) is 1. The molecule has 20 heavy (non-hydrogen) atoms. The number of rotatable bonds is 8. The van der Waals surface area contributed by atoms with Crippen molar-refractivity contribution in [3.63, 3.8) is 0 Å². The van der Waals surface area contributed by atoms with Gasteiger partial charge in [0, 0.05) is 6.42 Å². The number of carbonyl (C=O) groups excluding carboxylic acids is 1. The second-order valence-electron chi connectivity index (χ2n) is 5.85. The SMILES string of the molecule is CCCC(C)CC(=O)Nc1ccccc1OCC(C)C. The van der Waals surface area contributed by atoms with E-state index in [-0.39, 0.29) is 5.91 Å². The molecule has 1 atom stereocenters. The van der Waals surface area contributed by atoms with Crippen molar-refractivity contribution in [1.82, 2.24) is 0 Å². The molecule has 0 heterocycles. The fourth-order valence-electron chi connectivity index (χ4n) is 2.06. The second kappa shape index (κ2) is 8.62. The molecule has 1 rings (SSSR count). The van der Waals surface area contributed by atoms with E-state index < -0.39 is 0 Å². The Kier molecular flexibility index (Phi) is 7.13. The number of ether oxygens (including phenoxy) is 1. The maximum atomic E-state index is 12.0. The normalized spacial score (nSPS) is 12.2. The lowest BCUT2D eigenvalue weighted by Crippen LogP contribution is -2.16. The molecule has 3 heteroatoms. The summed E-state index contributed by atoms with van der Waals surface area (Å²) in [6, 6.07) is 7.61. The number of benzene rings is 1. The Bertz CT molecular complexity index is 415. The van der Waals surface area contributed by atoms with Crippen molar-refractivity contribution >= 4 is 11.6 Å². The van der Waals surface area contributed by atoms with Crippen LogP contribution in [-0.2, 0) is 4.79 Å². The molecule has 0 radical (unpaired) electrons. The van der Waals surface area contributed by atoms with E-state index in [9.17, 15) is 4.79 Å². The summed E-state index contributed by atoms with van der Waals surface area (Å²) in [6.07, 6.45) is 2.76. The molecule has 1 aromatic rings. The van der Waals surface area contributed by atoms with Crippen LogP contribution in [0.5, 0.6) is 5.75 Å². The van der Waals surface area contributed by atoms with Crippen molar-refractivity contribution in [2.45, 2.75) is 47.0 Å². The molecule has 0 aliphatic rings. The summed E-state index contributed by atoms with van der Waals surface area (Å²) in [7, 11) is 0. The lowest BCUT2D eigenvalue weighted by molar-refractivity contribution is -0.117. The van der Waals surface area contributed by atoms with Gasteiger partial charge in [-0.1, -0.05) is 52.7 Å². The van der Waals surface area contributed by atoms with E-state index in [1.54, 1.807) is 0 Å². The van der Waals surface area contributed by atoms with Crippen LogP contribution < -0.4 is 10.1 Å². The zero-order chi connectivity index (χ0) is 15.0. The predicted octanol–water partition coefficient (Wildman–Crippen LogP) is 4.49. The minimum atomic E-state index is 0.0616. The van der Waals surface area contributed by atoms with Crippen molar-refractivity contribution in [3.05, 3.63) is 24.3 Å². The van der Waals surface area contributed by atoms with Gasteiger partial charge in [0.25, 0.3) is 0 Å². The third-order valence-corrected chi connectivity index (χ3v) is 3.05. The predicted molar refractivity (Wildman–Crippen MR) is 84.1 cm³/mol. The highest BCUT2D eigenvalue weighted by Crippen LogP contribution is 2.25. The molecule has 112 valence electrons. The zero-order valence-electron chi connectivity index (χ0n) is 13.1. The van der Waals surface area contributed by atoms with Crippen molar-refractivity contribution in [1.29, 1.82) is 0 Å². The Balaban J connectivity index is 2.60. The molecule has 0 fully saturated rings. The Hall–Kier alpha value is -1.51. The van der Waals surface area contributed by atoms with Crippen LogP contribution in [0.25, 0.3) is 0 Å². The summed E-state index contributed by atoms with van der Waals surface area (Å²) in [5, 5.41) is 2.96. The molecule has 1 aromatic carbocycles. The van der Waals surface area contributed by atoms with Gasteiger partial charge in [0.05, 0.1) is 12.3 Å². The fourth-order valence-corrected chi connectivity index (χ4v) is 2.06. The van der Waals surface area contributed by atoms with Crippen LogP contribution in [0.2, 0.25) is 0 Å².